The molecule has 40 heavy (non-hydrogen) atoms. The number of nitrogens with zero attached hydrogens (tertiary/aromatic N) is 7. The number of nitro benzene ring substituents is 3. The molecule has 0 fully saturated rings. The second-order valence-electron chi connectivity index (χ2n) is 8.57. The third kappa shape index (κ3) is 4.67. The molecule has 0 aliphatic carbocycles. The Hall–Kier alpha value is -6.05. The van der Waals surface area contributed by atoms with E-state index in [1.165, 1.54) is 31.2 Å². The van der Waals surface area contributed by atoms with E-state index < -0.39 is 32.1 Å². The molecule has 0 unspecified atom stereocenters. The van der Waals surface area contributed by atoms with Gasteiger partial charge in [-0.1, -0.05) is 30.3 Å². The molecule has 0 saturated heterocycles. The van der Waals surface area contributed by atoms with Crippen molar-refractivity contribution in [1.82, 2.24) is 9.78 Å². The summed E-state index contributed by atoms with van der Waals surface area (Å²) in [7, 11) is 0. The summed E-state index contributed by atoms with van der Waals surface area (Å²) >= 11 is 0. The molecule has 3 aromatic carbocycles. The van der Waals surface area contributed by atoms with Gasteiger partial charge in [-0.15, -0.1) is 0 Å². The lowest BCUT2D eigenvalue weighted by Gasteiger charge is -2.11. The first-order valence-corrected chi connectivity index (χ1v) is 11.6. The lowest BCUT2D eigenvalue weighted by Crippen LogP contribution is -2.22. The van der Waals surface area contributed by atoms with E-state index in [0.29, 0.717) is 22.5 Å². The van der Waals surface area contributed by atoms with Crippen molar-refractivity contribution >= 4 is 40.4 Å². The molecular weight excluding hydrogens is 522 g/mol. The van der Waals surface area contributed by atoms with Gasteiger partial charge in [0.15, 0.2) is 0 Å². The highest BCUT2D eigenvalue weighted by Gasteiger charge is 2.34. The molecular formula is C26H17N7O7. The standard InChI is InChI=1S/C26H17N7O7/c1-16-22(26(34)30(27-16)23-11-10-21(32(37)38)14-24(23)33(39)40)13-18-15-29(19-7-3-2-4-8-19)28-25(18)17-6-5-9-20(12-17)31(35)36/h2-15H,1H3. The summed E-state index contributed by atoms with van der Waals surface area (Å²) in [6.45, 7) is 1.54. The van der Waals surface area contributed by atoms with Crippen LogP contribution in [-0.2, 0) is 4.79 Å². The molecule has 14 heteroatoms. The summed E-state index contributed by atoms with van der Waals surface area (Å²) < 4.78 is 1.56. The van der Waals surface area contributed by atoms with Crippen molar-refractivity contribution in [2.75, 3.05) is 5.01 Å². The van der Waals surface area contributed by atoms with E-state index in [9.17, 15) is 35.1 Å². The molecule has 198 valence electrons. The van der Waals surface area contributed by atoms with Gasteiger partial charge >= 0.3 is 5.69 Å². The molecule has 0 saturated carbocycles. The molecule has 1 amide bonds. The predicted octanol–water partition coefficient (Wildman–Crippen LogP) is 5.07. The summed E-state index contributed by atoms with van der Waals surface area (Å²) in [5, 5.41) is 43.8. The molecule has 0 radical (unpaired) electrons. The summed E-state index contributed by atoms with van der Waals surface area (Å²) in [5.74, 6) is -0.702. The average molecular weight is 539 g/mol. The number of benzene rings is 3. The van der Waals surface area contributed by atoms with Gasteiger partial charge in [0, 0.05) is 35.5 Å². The molecule has 14 nitrogen and oxygen atoms in total. The Bertz CT molecular complexity index is 1780. The number of nitro groups is 3. The fourth-order valence-electron chi connectivity index (χ4n) is 4.15. The summed E-state index contributed by atoms with van der Waals surface area (Å²) in [6.07, 6.45) is 3.15. The third-order valence-corrected chi connectivity index (χ3v) is 6.05. The Morgan fingerprint density at radius 3 is 2.20 bits per heavy atom. The zero-order valence-electron chi connectivity index (χ0n) is 20.6. The van der Waals surface area contributed by atoms with Crippen molar-refractivity contribution in [3.8, 4) is 16.9 Å². The second kappa shape index (κ2) is 10.0. The molecule has 1 aliphatic rings. The Morgan fingerprint density at radius 1 is 0.825 bits per heavy atom. The molecule has 2 heterocycles. The molecule has 1 aliphatic heterocycles. The number of rotatable bonds is 7. The SMILES string of the molecule is CC1=NN(c2ccc([N+](=O)[O-])cc2[N+](=O)[O-])C(=O)C1=Cc1cn(-c2ccccc2)nc1-c1cccc([N+](=O)[O-])c1. The number of non-ortho nitro benzene ring substituents is 2. The second-order valence-corrected chi connectivity index (χ2v) is 8.57. The van der Waals surface area contributed by atoms with Crippen molar-refractivity contribution < 1.29 is 19.6 Å². The largest absolute Gasteiger partial charge is 0.301 e. The van der Waals surface area contributed by atoms with E-state index in [0.717, 1.165) is 23.2 Å². The minimum atomic E-state index is -0.827. The predicted molar refractivity (Wildman–Crippen MR) is 144 cm³/mol. The minimum absolute atomic E-state index is 0.0898. The first-order valence-electron chi connectivity index (χ1n) is 11.6. The zero-order chi connectivity index (χ0) is 28.6. The normalized spacial score (nSPS) is 13.9. The lowest BCUT2D eigenvalue weighted by atomic mass is 10.0. The van der Waals surface area contributed by atoms with E-state index in [4.69, 9.17) is 0 Å². The Labute approximate surface area is 224 Å². The lowest BCUT2D eigenvalue weighted by molar-refractivity contribution is -0.393. The molecule has 0 N–H and O–H groups in total. The van der Waals surface area contributed by atoms with Crippen LogP contribution in [0.5, 0.6) is 0 Å². The van der Waals surface area contributed by atoms with E-state index in [2.05, 4.69) is 10.2 Å². The first-order chi connectivity index (χ1) is 19.1. The smallest absolute Gasteiger partial charge is 0.267 e. The van der Waals surface area contributed by atoms with Crippen LogP contribution in [0, 0.1) is 30.3 Å². The maximum absolute atomic E-state index is 13.5. The van der Waals surface area contributed by atoms with Crippen molar-refractivity contribution in [2.45, 2.75) is 6.92 Å². The number of carbonyl (C=O) groups is 1. The van der Waals surface area contributed by atoms with Crippen LogP contribution in [0.3, 0.4) is 0 Å². The number of hydrazone groups is 1. The van der Waals surface area contributed by atoms with Gasteiger partial charge in [0.2, 0.25) is 0 Å². The highest BCUT2D eigenvalue weighted by Crippen LogP contribution is 2.36. The third-order valence-electron chi connectivity index (χ3n) is 6.05. The molecule has 5 rings (SSSR count). The number of para-hydroxylation sites is 1. The van der Waals surface area contributed by atoms with E-state index in [-0.39, 0.29) is 22.7 Å². The van der Waals surface area contributed by atoms with Crippen LogP contribution in [0.1, 0.15) is 12.5 Å². The van der Waals surface area contributed by atoms with Gasteiger partial charge in [-0.2, -0.15) is 15.2 Å². The maximum Gasteiger partial charge on any atom is 0.301 e. The van der Waals surface area contributed by atoms with Crippen LogP contribution in [-0.4, -0.2) is 36.2 Å². The monoisotopic (exact) mass is 539 g/mol. The number of amides is 1. The number of hydrogen-bond donors (Lipinski definition) is 0. The van der Waals surface area contributed by atoms with Crippen LogP contribution >= 0.6 is 0 Å². The van der Waals surface area contributed by atoms with Crippen molar-refractivity contribution in [3.63, 3.8) is 0 Å². The highest BCUT2D eigenvalue weighted by atomic mass is 16.6. The summed E-state index contributed by atoms with van der Waals surface area (Å²) in [4.78, 5) is 45.5. The minimum Gasteiger partial charge on any atom is -0.267 e. The van der Waals surface area contributed by atoms with Crippen LogP contribution in [0.15, 0.2) is 89.7 Å². The van der Waals surface area contributed by atoms with Gasteiger partial charge in [0.1, 0.15) is 11.4 Å². The van der Waals surface area contributed by atoms with Gasteiger partial charge in [-0.05, 0) is 31.2 Å². The number of aromatic nitrogens is 2. The Morgan fingerprint density at radius 2 is 1.52 bits per heavy atom. The van der Waals surface area contributed by atoms with Gasteiger partial charge in [0.25, 0.3) is 17.3 Å². The fourth-order valence-corrected chi connectivity index (χ4v) is 4.15. The molecule has 4 aromatic rings. The van der Waals surface area contributed by atoms with Crippen LogP contribution in [0.2, 0.25) is 0 Å². The zero-order valence-corrected chi connectivity index (χ0v) is 20.6. The number of carbonyl (C=O) groups excluding carboxylic acids is 1. The highest BCUT2D eigenvalue weighted by molar-refractivity contribution is 6.32. The molecule has 0 bridgehead atoms. The van der Waals surface area contributed by atoms with E-state index >= 15 is 0 Å². The fraction of sp³-hybridized carbons (Fsp3) is 0.0385. The van der Waals surface area contributed by atoms with Crippen LogP contribution < -0.4 is 5.01 Å². The Balaban J connectivity index is 1.61. The molecule has 1 aromatic heterocycles. The van der Waals surface area contributed by atoms with Crippen molar-refractivity contribution in [3.05, 3.63) is 120 Å². The first kappa shape index (κ1) is 25.6. The van der Waals surface area contributed by atoms with E-state index in [1.54, 1.807) is 16.9 Å². The maximum atomic E-state index is 13.5. The summed E-state index contributed by atoms with van der Waals surface area (Å²) in [5.41, 5.74) is 0.690. The van der Waals surface area contributed by atoms with Gasteiger partial charge < -0.3 is 0 Å². The van der Waals surface area contributed by atoms with Crippen LogP contribution in [0.25, 0.3) is 23.0 Å². The Kier molecular flexibility index (Phi) is 6.41. The number of hydrogen-bond acceptors (Lipinski definition) is 9. The van der Waals surface area contributed by atoms with Crippen molar-refractivity contribution in [1.29, 1.82) is 0 Å². The van der Waals surface area contributed by atoms with Gasteiger partial charge in [-0.3, -0.25) is 35.1 Å². The molecule has 0 spiro atoms. The topological polar surface area (TPSA) is 180 Å². The van der Waals surface area contributed by atoms with Gasteiger partial charge in [0.05, 0.1) is 37.8 Å². The summed E-state index contributed by atoms with van der Waals surface area (Å²) in [6, 6.07) is 17.9. The quantitative estimate of drug-likeness (QED) is 0.177. The molecule has 0 atom stereocenters. The van der Waals surface area contributed by atoms with Gasteiger partial charge in [-0.25, -0.2) is 4.68 Å². The van der Waals surface area contributed by atoms with Crippen molar-refractivity contribution in [2.24, 2.45) is 5.10 Å². The average Bonchev–Trinajstić information content (AvgIpc) is 3.50. The van der Waals surface area contributed by atoms with E-state index in [1.807, 2.05) is 30.3 Å². The number of anilines is 1. The van der Waals surface area contributed by atoms with Crippen LogP contribution in [0.4, 0.5) is 22.7 Å².